The fourth-order valence-electron chi connectivity index (χ4n) is 3.26. The highest BCUT2D eigenvalue weighted by Gasteiger charge is 2.29. The van der Waals surface area contributed by atoms with Crippen molar-refractivity contribution in [3.63, 3.8) is 0 Å². The van der Waals surface area contributed by atoms with Crippen molar-refractivity contribution in [1.82, 2.24) is 0 Å². The molecule has 0 radical (unpaired) electrons. The SMILES string of the molecule is COc1ccc(C2=C(Cl)C(=O)c3ccc(-c4ccc(C)cc4)cc32)cc1. The highest BCUT2D eigenvalue weighted by atomic mass is 35.5. The van der Waals surface area contributed by atoms with Crippen LogP contribution in [-0.2, 0) is 0 Å². The number of carbonyl (C=O) groups is 1. The van der Waals surface area contributed by atoms with Crippen LogP contribution in [0.25, 0.3) is 16.7 Å². The Hall–Kier alpha value is -2.84. The van der Waals surface area contributed by atoms with Gasteiger partial charge in [-0.25, -0.2) is 0 Å². The number of carbonyl (C=O) groups excluding carboxylic acids is 1. The molecule has 0 bridgehead atoms. The molecule has 3 aromatic rings. The van der Waals surface area contributed by atoms with E-state index in [1.54, 1.807) is 7.11 Å². The van der Waals surface area contributed by atoms with Crippen LogP contribution < -0.4 is 4.74 Å². The number of rotatable bonds is 3. The summed E-state index contributed by atoms with van der Waals surface area (Å²) in [5, 5.41) is 0.270. The van der Waals surface area contributed by atoms with Gasteiger partial charge >= 0.3 is 0 Å². The summed E-state index contributed by atoms with van der Waals surface area (Å²) in [7, 11) is 1.63. The molecule has 4 rings (SSSR count). The Morgan fingerprint density at radius 3 is 2.04 bits per heavy atom. The number of benzene rings is 3. The zero-order valence-corrected chi connectivity index (χ0v) is 15.3. The van der Waals surface area contributed by atoms with Crippen LogP contribution in [0.4, 0.5) is 0 Å². The number of aryl methyl sites for hydroxylation is 1. The summed E-state index contributed by atoms with van der Waals surface area (Å²) in [5.74, 6) is 0.645. The van der Waals surface area contributed by atoms with Crippen molar-refractivity contribution < 1.29 is 9.53 Å². The van der Waals surface area contributed by atoms with E-state index in [2.05, 4.69) is 31.2 Å². The van der Waals surface area contributed by atoms with Gasteiger partial charge in [0.1, 0.15) is 5.75 Å². The van der Waals surface area contributed by atoms with Gasteiger partial charge in [0.05, 0.1) is 12.1 Å². The third-order valence-corrected chi connectivity index (χ3v) is 5.08. The van der Waals surface area contributed by atoms with E-state index in [1.807, 2.05) is 42.5 Å². The topological polar surface area (TPSA) is 26.3 Å². The number of allylic oxidation sites excluding steroid dienone is 1. The fraction of sp³-hybridized carbons (Fsp3) is 0.0870. The van der Waals surface area contributed by atoms with Gasteiger partial charge < -0.3 is 4.74 Å². The maximum absolute atomic E-state index is 12.6. The predicted octanol–water partition coefficient (Wildman–Crippen LogP) is 5.87. The monoisotopic (exact) mass is 360 g/mol. The largest absolute Gasteiger partial charge is 0.497 e. The number of hydrogen-bond donors (Lipinski definition) is 0. The van der Waals surface area contributed by atoms with Gasteiger partial charge in [0, 0.05) is 11.1 Å². The first-order chi connectivity index (χ1) is 12.6. The third kappa shape index (κ3) is 2.73. The number of ketones is 1. The molecule has 0 fully saturated rings. The predicted molar refractivity (Wildman–Crippen MR) is 106 cm³/mol. The summed E-state index contributed by atoms with van der Waals surface area (Å²) in [6.45, 7) is 2.06. The minimum atomic E-state index is -0.122. The van der Waals surface area contributed by atoms with Gasteiger partial charge in [-0.3, -0.25) is 4.79 Å². The quantitative estimate of drug-likeness (QED) is 0.584. The van der Waals surface area contributed by atoms with Gasteiger partial charge in [0.15, 0.2) is 0 Å². The molecule has 3 heteroatoms. The second kappa shape index (κ2) is 6.47. The minimum Gasteiger partial charge on any atom is -0.497 e. The average Bonchev–Trinajstić information content (AvgIpc) is 2.92. The van der Waals surface area contributed by atoms with Crippen LogP contribution >= 0.6 is 11.6 Å². The van der Waals surface area contributed by atoms with E-state index in [0.29, 0.717) is 5.56 Å². The molecule has 0 unspecified atom stereocenters. The van der Waals surface area contributed by atoms with Gasteiger partial charge in [-0.2, -0.15) is 0 Å². The van der Waals surface area contributed by atoms with E-state index >= 15 is 0 Å². The van der Waals surface area contributed by atoms with Crippen molar-refractivity contribution in [3.05, 3.63) is 94.0 Å². The molecule has 1 aliphatic carbocycles. The van der Waals surface area contributed by atoms with Crippen molar-refractivity contribution in [3.8, 4) is 16.9 Å². The van der Waals surface area contributed by atoms with E-state index < -0.39 is 0 Å². The number of methoxy groups -OCH3 is 1. The lowest BCUT2D eigenvalue weighted by molar-refractivity contribution is 0.104. The molecule has 0 amide bonds. The summed E-state index contributed by atoms with van der Waals surface area (Å²) in [6, 6.07) is 21.8. The highest BCUT2D eigenvalue weighted by Crippen LogP contribution is 2.41. The zero-order valence-electron chi connectivity index (χ0n) is 14.5. The first-order valence-corrected chi connectivity index (χ1v) is 8.76. The van der Waals surface area contributed by atoms with Crippen LogP contribution in [0.1, 0.15) is 27.0 Å². The van der Waals surface area contributed by atoms with Crippen LogP contribution in [0.5, 0.6) is 5.75 Å². The third-order valence-electron chi connectivity index (χ3n) is 4.72. The van der Waals surface area contributed by atoms with Crippen LogP contribution in [0.2, 0.25) is 0 Å². The standard InChI is InChI=1S/C23H17ClO2/c1-14-3-5-15(6-4-14)17-9-12-19-20(13-17)21(22(24)23(19)25)16-7-10-18(26-2)11-8-16/h3-13H,1-2H3. The molecule has 0 N–H and O–H groups in total. The summed E-state index contributed by atoms with van der Waals surface area (Å²) in [5.41, 5.74) is 6.61. The minimum absolute atomic E-state index is 0.122. The molecule has 0 aromatic heterocycles. The molecule has 0 atom stereocenters. The van der Waals surface area contributed by atoms with Crippen molar-refractivity contribution in [2.24, 2.45) is 0 Å². The fourth-order valence-corrected chi connectivity index (χ4v) is 3.58. The van der Waals surface area contributed by atoms with E-state index in [4.69, 9.17) is 16.3 Å². The van der Waals surface area contributed by atoms with Gasteiger partial charge in [-0.05, 0) is 53.4 Å². The van der Waals surface area contributed by atoms with E-state index in [9.17, 15) is 4.79 Å². The van der Waals surface area contributed by atoms with Crippen LogP contribution in [0, 0.1) is 6.92 Å². The van der Waals surface area contributed by atoms with E-state index in [0.717, 1.165) is 33.6 Å². The molecule has 0 spiro atoms. The Morgan fingerprint density at radius 2 is 1.38 bits per heavy atom. The highest BCUT2D eigenvalue weighted by molar-refractivity contribution is 6.51. The number of halogens is 1. The van der Waals surface area contributed by atoms with Crippen molar-refractivity contribution in [1.29, 1.82) is 0 Å². The average molecular weight is 361 g/mol. The molecule has 0 saturated carbocycles. The molecule has 26 heavy (non-hydrogen) atoms. The Balaban J connectivity index is 1.84. The van der Waals surface area contributed by atoms with E-state index in [-0.39, 0.29) is 10.8 Å². The molecule has 2 nitrogen and oxygen atoms in total. The molecule has 0 heterocycles. The molecule has 1 aliphatic rings. The van der Waals surface area contributed by atoms with Crippen LogP contribution in [0.3, 0.4) is 0 Å². The number of Topliss-reactive ketones (excluding diaryl/α,β-unsaturated/α-hetero) is 1. The Morgan fingerprint density at radius 1 is 0.769 bits per heavy atom. The first kappa shape index (κ1) is 16.6. The molecular formula is C23H17ClO2. The Kier molecular flexibility index (Phi) is 4.14. The Bertz CT molecular complexity index is 1030. The lowest BCUT2D eigenvalue weighted by atomic mass is 9.94. The molecular weight excluding hydrogens is 344 g/mol. The smallest absolute Gasteiger partial charge is 0.205 e. The first-order valence-electron chi connectivity index (χ1n) is 8.39. The second-order valence-corrected chi connectivity index (χ2v) is 6.75. The molecule has 128 valence electrons. The van der Waals surface area contributed by atoms with Crippen molar-refractivity contribution in [2.45, 2.75) is 6.92 Å². The zero-order chi connectivity index (χ0) is 18.3. The lowest BCUT2D eigenvalue weighted by Crippen LogP contribution is -1.94. The van der Waals surface area contributed by atoms with Gasteiger partial charge in [-0.15, -0.1) is 0 Å². The van der Waals surface area contributed by atoms with Crippen LogP contribution in [-0.4, -0.2) is 12.9 Å². The van der Waals surface area contributed by atoms with Crippen LogP contribution in [0.15, 0.2) is 71.8 Å². The lowest BCUT2D eigenvalue weighted by Gasteiger charge is -2.10. The summed E-state index contributed by atoms with van der Waals surface area (Å²) in [6.07, 6.45) is 0. The Labute approximate surface area is 157 Å². The maximum Gasteiger partial charge on any atom is 0.205 e. The van der Waals surface area contributed by atoms with Crippen molar-refractivity contribution in [2.75, 3.05) is 7.11 Å². The number of hydrogen-bond acceptors (Lipinski definition) is 2. The number of fused-ring (bicyclic) bond motifs is 1. The van der Waals surface area contributed by atoms with Gasteiger partial charge in [0.25, 0.3) is 0 Å². The summed E-state index contributed by atoms with van der Waals surface area (Å²) >= 11 is 6.42. The second-order valence-electron chi connectivity index (χ2n) is 6.37. The normalized spacial score (nSPS) is 13.1. The van der Waals surface area contributed by atoms with Crippen molar-refractivity contribution >= 4 is 23.0 Å². The molecule has 0 saturated heterocycles. The van der Waals surface area contributed by atoms with E-state index in [1.165, 1.54) is 5.56 Å². The molecule has 3 aromatic carbocycles. The number of ether oxygens (including phenoxy) is 1. The van der Waals surface area contributed by atoms with Gasteiger partial charge in [0.2, 0.25) is 5.78 Å². The summed E-state index contributed by atoms with van der Waals surface area (Å²) < 4.78 is 5.22. The van der Waals surface area contributed by atoms with Gasteiger partial charge in [-0.1, -0.05) is 59.6 Å². The molecule has 0 aliphatic heterocycles. The summed E-state index contributed by atoms with van der Waals surface area (Å²) in [4.78, 5) is 12.6. The maximum atomic E-state index is 12.6.